The maximum atomic E-state index is 13.1. The topological polar surface area (TPSA) is 73.9 Å². The highest BCUT2D eigenvalue weighted by molar-refractivity contribution is 6.02. The Morgan fingerprint density at radius 2 is 1.73 bits per heavy atom. The van der Waals surface area contributed by atoms with Gasteiger partial charge in [0.25, 0.3) is 11.8 Å². The average Bonchev–Trinajstić information content (AvgIpc) is 2.86. The van der Waals surface area contributed by atoms with Crippen LogP contribution in [0.4, 0.5) is 11.4 Å². The predicted molar refractivity (Wildman–Crippen MR) is 133 cm³/mol. The van der Waals surface area contributed by atoms with Crippen LogP contribution in [0.3, 0.4) is 0 Å². The first-order chi connectivity index (χ1) is 16.1. The molecule has 0 unspecified atom stereocenters. The Balaban J connectivity index is 1.68. The molecule has 0 spiro atoms. The van der Waals surface area contributed by atoms with Crippen molar-refractivity contribution in [3.63, 3.8) is 0 Å². The zero-order valence-electron chi connectivity index (χ0n) is 19.8. The number of hydrogen-bond donors (Lipinski definition) is 2. The van der Waals surface area contributed by atoms with E-state index in [1.54, 1.807) is 18.2 Å². The van der Waals surface area contributed by atoms with Crippen molar-refractivity contribution in [1.29, 1.82) is 0 Å². The number of nitrogens with zero attached hydrogens (tertiary/aromatic N) is 2. The number of rotatable bonds is 11. The zero-order valence-corrected chi connectivity index (χ0v) is 19.8. The number of benzene rings is 2. The molecule has 2 aromatic rings. The van der Waals surface area contributed by atoms with Gasteiger partial charge in [-0.25, -0.2) is 0 Å². The molecule has 0 atom stereocenters. The van der Waals surface area contributed by atoms with Crippen molar-refractivity contribution in [2.24, 2.45) is 0 Å². The highest BCUT2D eigenvalue weighted by Crippen LogP contribution is 2.27. The average molecular weight is 453 g/mol. The lowest BCUT2D eigenvalue weighted by Crippen LogP contribution is -2.36. The van der Waals surface area contributed by atoms with Crippen LogP contribution in [-0.2, 0) is 4.79 Å². The minimum Gasteiger partial charge on any atom is -0.484 e. The molecule has 7 nitrogen and oxygen atoms in total. The summed E-state index contributed by atoms with van der Waals surface area (Å²) in [5, 5.41) is 5.92. The predicted octanol–water partition coefficient (Wildman–Crippen LogP) is 3.77. The number of amides is 2. The molecule has 33 heavy (non-hydrogen) atoms. The first-order valence-corrected chi connectivity index (χ1v) is 12.0. The number of piperidine rings is 1. The molecule has 3 rings (SSSR count). The van der Waals surface area contributed by atoms with Crippen LogP contribution in [-0.4, -0.2) is 62.6 Å². The zero-order chi connectivity index (χ0) is 23.5. The Morgan fingerprint density at radius 3 is 2.42 bits per heavy atom. The monoisotopic (exact) mass is 452 g/mol. The minimum atomic E-state index is -0.266. The van der Waals surface area contributed by atoms with Crippen molar-refractivity contribution in [2.75, 3.05) is 56.1 Å². The maximum absolute atomic E-state index is 13.1. The van der Waals surface area contributed by atoms with E-state index in [0.29, 0.717) is 23.5 Å². The van der Waals surface area contributed by atoms with E-state index < -0.39 is 0 Å². The third kappa shape index (κ3) is 7.49. The summed E-state index contributed by atoms with van der Waals surface area (Å²) in [5.74, 6) is 0.262. The standard InChI is InChI=1S/C26H36N4O3/c1-3-29(4-2)18-15-27-26(32)23-19-21(13-14-24(23)30-16-9-6-10-17-30)28-25(31)20-33-22-11-7-5-8-12-22/h5,7-8,11-14,19H,3-4,6,9-10,15-18,20H2,1-2H3,(H,27,32)(H,28,31). The van der Waals surface area contributed by atoms with E-state index in [0.717, 1.165) is 51.3 Å². The van der Waals surface area contributed by atoms with Crippen molar-refractivity contribution >= 4 is 23.2 Å². The largest absolute Gasteiger partial charge is 0.484 e. The Kier molecular flexibility index (Phi) is 9.57. The normalized spacial score (nSPS) is 13.6. The van der Waals surface area contributed by atoms with Gasteiger partial charge in [0, 0.05) is 37.6 Å². The van der Waals surface area contributed by atoms with E-state index in [1.165, 1.54) is 6.42 Å². The van der Waals surface area contributed by atoms with Gasteiger partial charge in [-0.05, 0) is 62.7 Å². The second-order valence-electron chi connectivity index (χ2n) is 8.21. The van der Waals surface area contributed by atoms with E-state index in [-0.39, 0.29) is 18.4 Å². The number of likely N-dealkylation sites (N-methyl/N-ethyl adjacent to an activating group) is 1. The van der Waals surface area contributed by atoms with Crippen molar-refractivity contribution in [3.05, 3.63) is 54.1 Å². The fraction of sp³-hybridized carbons (Fsp3) is 0.462. The van der Waals surface area contributed by atoms with Gasteiger partial charge in [-0.2, -0.15) is 0 Å². The Morgan fingerprint density at radius 1 is 1.00 bits per heavy atom. The van der Waals surface area contributed by atoms with Crippen LogP contribution in [0.25, 0.3) is 0 Å². The van der Waals surface area contributed by atoms with Gasteiger partial charge in [-0.1, -0.05) is 32.0 Å². The molecule has 2 aromatic carbocycles. The number of carbonyl (C=O) groups excluding carboxylic acids is 2. The van der Waals surface area contributed by atoms with Crippen molar-refractivity contribution < 1.29 is 14.3 Å². The van der Waals surface area contributed by atoms with Crippen LogP contribution in [0.5, 0.6) is 5.75 Å². The van der Waals surface area contributed by atoms with Gasteiger partial charge in [0.2, 0.25) is 0 Å². The molecule has 0 aromatic heterocycles. The van der Waals surface area contributed by atoms with Gasteiger partial charge in [0.05, 0.1) is 5.56 Å². The Labute approximate surface area is 197 Å². The van der Waals surface area contributed by atoms with E-state index in [9.17, 15) is 9.59 Å². The summed E-state index contributed by atoms with van der Waals surface area (Å²) in [7, 11) is 0. The van der Waals surface area contributed by atoms with Crippen molar-refractivity contribution in [1.82, 2.24) is 10.2 Å². The van der Waals surface area contributed by atoms with Gasteiger partial charge in [0.15, 0.2) is 6.61 Å². The van der Waals surface area contributed by atoms with E-state index in [2.05, 4.69) is 34.3 Å². The number of nitrogens with one attached hydrogen (secondary N) is 2. The van der Waals surface area contributed by atoms with E-state index in [1.807, 2.05) is 30.3 Å². The van der Waals surface area contributed by atoms with Gasteiger partial charge in [-0.15, -0.1) is 0 Å². The van der Waals surface area contributed by atoms with Crippen molar-refractivity contribution in [3.8, 4) is 5.75 Å². The summed E-state index contributed by atoms with van der Waals surface area (Å²) in [4.78, 5) is 30.1. The minimum absolute atomic E-state index is 0.0940. The number of hydrogen-bond acceptors (Lipinski definition) is 5. The highest BCUT2D eigenvalue weighted by atomic mass is 16.5. The van der Waals surface area contributed by atoms with Crippen LogP contribution in [0.15, 0.2) is 48.5 Å². The SMILES string of the molecule is CCN(CC)CCNC(=O)c1cc(NC(=O)COc2ccccc2)ccc1N1CCCCC1. The molecule has 7 heteroatoms. The maximum Gasteiger partial charge on any atom is 0.262 e. The molecular formula is C26H36N4O3. The third-order valence-electron chi connectivity index (χ3n) is 5.94. The summed E-state index contributed by atoms with van der Waals surface area (Å²) < 4.78 is 5.53. The van der Waals surface area contributed by atoms with Gasteiger partial charge in [-0.3, -0.25) is 9.59 Å². The van der Waals surface area contributed by atoms with Crippen LogP contribution in [0, 0.1) is 0 Å². The van der Waals surface area contributed by atoms with Crippen LogP contribution in [0.1, 0.15) is 43.5 Å². The molecule has 1 fully saturated rings. The lowest BCUT2D eigenvalue weighted by molar-refractivity contribution is -0.118. The molecule has 178 valence electrons. The second-order valence-corrected chi connectivity index (χ2v) is 8.21. The molecule has 1 heterocycles. The number of carbonyl (C=O) groups is 2. The van der Waals surface area contributed by atoms with Gasteiger partial charge >= 0.3 is 0 Å². The molecule has 1 aliphatic rings. The van der Waals surface area contributed by atoms with Crippen LogP contribution < -0.4 is 20.3 Å². The number of anilines is 2. The summed E-state index contributed by atoms with van der Waals surface area (Å²) in [6.07, 6.45) is 3.47. The summed E-state index contributed by atoms with van der Waals surface area (Å²) >= 11 is 0. The fourth-order valence-electron chi connectivity index (χ4n) is 4.03. The van der Waals surface area contributed by atoms with Crippen LogP contribution >= 0.6 is 0 Å². The smallest absolute Gasteiger partial charge is 0.262 e. The Hall–Kier alpha value is -3.06. The third-order valence-corrected chi connectivity index (χ3v) is 5.94. The number of para-hydroxylation sites is 1. The van der Waals surface area contributed by atoms with Crippen LogP contribution in [0.2, 0.25) is 0 Å². The molecule has 0 radical (unpaired) electrons. The first-order valence-electron chi connectivity index (χ1n) is 12.0. The fourth-order valence-corrected chi connectivity index (χ4v) is 4.03. The molecule has 0 bridgehead atoms. The van der Waals surface area contributed by atoms with Gasteiger partial charge < -0.3 is 25.2 Å². The lowest BCUT2D eigenvalue weighted by Gasteiger charge is -2.30. The molecule has 2 amide bonds. The van der Waals surface area contributed by atoms with Gasteiger partial charge in [0.1, 0.15) is 5.75 Å². The van der Waals surface area contributed by atoms with E-state index >= 15 is 0 Å². The molecular weight excluding hydrogens is 416 g/mol. The molecule has 1 saturated heterocycles. The highest BCUT2D eigenvalue weighted by Gasteiger charge is 2.20. The van der Waals surface area contributed by atoms with E-state index in [4.69, 9.17) is 4.74 Å². The lowest BCUT2D eigenvalue weighted by atomic mass is 10.1. The quantitative estimate of drug-likeness (QED) is 0.543. The molecule has 0 saturated carbocycles. The summed E-state index contributed by atoms with van der Waals surface area (Å²) in [6.45, 7) is 9.33. The summed E-state index contributed by atoms with van der Waals surface area (Å²) in [5.41, 5.74) is 2.11. The Bertz CT molecular complexity index is 894. The second kappa shape index (κ2) is 12.8. The van der Waals surface area contributed by atoms with Crippen molar-refractivity contribution in [2.45, 2.75) is 33.1 Å². The molecule has 0 aliphatic carbocycles. The molecule has 1 aliphatic heterocycles. The number of ether oxygens (including phenoxy) is 1. The molecule has 2 N–H and O–H groups in total. The summed E-state index contributed by atoms with van der Waals surface area (Å²) in [6, 6.07) is 14.8. The first kappa shape index (κ1) is 24.6.